The van der Waals surface area contributed by atoms with E-state index in [0.717, 1.165) is 50.7 Å². The number of hydrogen-bond donors (Lipinski definition) is 5. The molecule has 26 nitrogen and oxygen atoms in total. The lowest BCUT2D eigenvalue weighted by Crippen LogP contribution is -2.30. The topological polar surface area (TPSA) is 372 Å². The standard InChI is InChI=1S/C29H28N2O5.C28H26N2O5.C27H24N2O5.C26H23ClN2O3/c1-17-6-8-19(9-7-17)25(32)23-24(18-10-13-21(14-11-18)29(2,3)4)31(27(34)26(23)33)22-15-12-20(16-30-22)28(35)36-5;1-16(2)18-9-11-19(12-10-18)24-23(25(31)20-7-5-17(3)6-8-20)26(32)27(33)30(24)22-14-13-21(15-29-22)28(34)35-4;1-15(2)17-8-10-18(11-9-17)23-22(24(30)19-6-4-16(3)5-7-19)25(31)26(32)29(23)21-13-12-20(14-28-21)27(33)34;1-15(2)17-8-10-18(11-9-17)23-22(24(30)19-6-4-16(3)5-7-19)25(31)26(32)29(23)21-13-12-20(27)14-28-21/h6-16,24,32H,1-5H3;5-16,24,31H,1-4H3;4-15,23,30H,1-3H3,(H,33,34);4-15,23,30H,1-3H3. The summed E-state index contributed by atoms with van der Waals surface area (Å²) in [7, 11) is 2.53. The number of carboxylic acid groups (broad SMARTS) is 1. The average molecular weight is 1860 g/mol. The van der Waals surface area contributed by atoms with Crippen LogP contribution >= 0.6 is 11.6 Å². The van der Waals surface area contributed by atoms with Crippen LogP contribution in [0.1, 0.15) is 224 Å². The number of ether oxygens (including phenoxy) is 2. The van der Waals surface area contributed by atoms with Crippen LogP contribution in [0.25, 0.3) is 23.0 Å². The Balaban J connectivity index is 0.000000154. The molecule has 12 aromatic rings. The Morgan fingerprint density at radius 1 is 0.307 bits per heavy atom. The Kier molecular flexibility index (Phi) is 29.8. The first-order valence-electron chi connectivity index (χ1n) is 44.0. The van der Waals surface area contributed by atoms with E-state index in [9.17, 15) is 78.3 Å². The average Bonchev–Trinajstić information content (AvgIpc) is 1.61. The summed E-state index contributed by atoms with van der Waals surface area (Å²) in [5.74, 6) is -8.00. The number of anilines is 4. The van der Waals surface area contributed by atoms with Crippen molar-refractivity contribution >= 4 is 123 Å². The van der Waals surface area contributed by atoms with Gasteiger partial charge < -0.3 is 35.0 Å². The first-order chi connectivity index (χ1) is 65.2. The smallest absolute Gasteiger partial charge is 0.339 e. The van der Waals surface area contributed by atoms with E-state index in [1.165, 1.54) is 88.8 Å². The number of aromatic carboxylic acids is 1. The number of aryl methyl sites for hydroxylation is 4. The molecule has 4 unspecified atom stereocenters. The Morgan fingerprint density at radius 3 is 0.723 bits per heavy atom. The fourth-order valence-electron chi connectivity index (χ4n) is 16.1. The van der Waals surface area contributed by atoms with Crippen LogP contribution in [-0.2, 0) is 53.2 Å². The maximum atomic E-state index is 13.3. The molecule has 16 rings (SSSR count). The van der Waals surface area contributed by atoms with E-state index in [2.05, 4.69) is 82.2 Å². The minimum atomic E-state index is -1.15. The summed E-state index contributed by atoms with van der Waals surface area (Å²) >= 11 is 5.97. The molecule has 4 atom stereocenters. The van der Waals surface area contributed by atoms with E-state index in [1.54, 1.807) is 60.7 Å². The third-order valence-electron chi connectivity index (χ3n) is 24.0. The van der Waals surface area contributed by atoms with Gasteiger partial charge in [-0.1, -0.05) is 290 Å². The minimum Gasteiger partial charge on any atom is -0.507 e. The summed E-state index contributed by atoms with van der Waals surface area (Å²) in [5.41, 5.74) is 13.0. The molecule has 696 valence electrons. The molecule has 4 aromatic heterocycles. The Bertz CT molecular complexity index is 6790. The number of aliphatic hydroxyl groups excluding tert-OH is 4. The number of benzene rings is 8. The van der Waals surface area contributed by atoms with Gasteiger partial charge in [0.1, 0.15) is 46.3 Å². The number of esters is 2. The summed E-state index contributed by atoms with van der Waals surface area (Å²) in [5, 5.41) is 54.3. The number of hydrogen-bond acceptors (Lipinski definition) is 21. The molecule has 0 bridgehead atoms. The molecule has 8 aromatic carbocycles. The van der Waals surface area contributed by atoms with Crippen molar-refractivity contribution in [1.29, 1.82) is 0 Å². The number of methoxy groups -OCH3 is 2. The molecule has 4 amide bonds. The number of carbonyl (C=O) groups is 11. The van der Waals surface area contributed by atoms with Gasteiger partial charge in [-0.15, -0.1) is 0 Å². The van der Waals surface area contributed by atoms with Crippen molar-refractivity contribution in [1.82, 2.24) is 19.9 Å². The number of halogens is 1. The highest BCUT2D eigenvalue weighted by Gasteiger charge is 2.52. The van der Waals surface area contributed by atoms with Crippen LogP contribution in [-0.4, -0.2) is 124 Å². The van der Waals surface area contributed by atoms with Crippen LogP contribution in [0.2, 0.25) is 5.02 Å². The molecular formula is C110H101ClN8O18. The second-order valence-electron chi connectivity index (χ2n) is 35.3. The van der Waals surface area contributed by atoms with E-state index in [0.29, 0.717) is 61.4 Å². The van der Waals surface area contributed by atoms with Crippen LogP contribution in [0.15, 0.2) is 290 Å². The lowest BCUT2D eigenvalue weighted by atomic mass is 9.85. The largest absolute Gasteiger partial charge is 0.507 e. The normalized spacial score (nSPS) is 17.5. The second-order valence-corrected chi connectivity index (χ2v) is 35.8. The zero-order valence-corrected chi connectivity index (χ0v) is 78.7. The molecule has 0 radical (unpaired) electrons. The summed E-state index contributed by atoms with van der Waals surface area (Å²) in [6.07, 6.45) is 5.14. The van der Waals surface area contributed by atoms with Gasteiger partial charge in [0, 0.05) is 47.0 Å². The molecule has 0 aliphatic carbocycles. The van der Waals surface area contributed by atoms with Gasteiger partial charge in [-0.25, -0.2) is 34.3 Å². The number of carbonyl (C=O) groups excluding carboxylic acids is 10. The van der Waals surface area contributed by atoms with Gasteiger partial charge in [-0.3, -0.25) is 58.0 Å². The van der Waals surface area contributed by atoms with Gasteiger partial charge in [0.15, 0.2) is 0 Å². The fraction of sp³-hybridized carbons (Fsp3) is 0.209. The molecule has 0 spiro atoms. The Labute approximate surface area is 797 Å². The van der Waals surface area contributed by atoms with Gasteiger partial charge in [-0.2, -0.15) is 0 Å². The summed E-state index contributed by atoms with van der Waals surface area (Å²) < 4.78 is 9.43. The van der Waals surface area contributed by atoms with Crippen LogP contribution in [0, 0.1) is 27.7 Å². The van der Waals surface area contributed by atoms with Crippen molar-refractivity contribution < 1.29 is 87.7 Å². The van der Waals surface area contributed by atoms with Crippen molar-refractivity contribution in [2.75, 3.05) is 33.8 Å². The van der Waals surface area contributed by atoms with Crippen molar-refractivity contribution in [3.63, 3.8) is 0 Å². The fourth-order valence-corrected chi connectivity index (χ4v) is 16.2. The van der Waals surface area contributed by atoms with Gasteiger partial charge in [0.25, 0.3) is 23.1 Å². The van der Waals surface area contributed by atoms with Crippen LogP contribution in [0.4, 0.5) is 23.3 Å². The van der Waals surface area contributed by atoms with E-state index in [-0.39, 0.29) is 96.6 Å². The summed E-state index contributed by atoms with van der Waals surface area (Å²) in [6.45, 7) is 26.4. The number of amides is 4. The number of Topliss-reactive ketones (excluding diaryl/α,β-unsaturated/α-hetero) is 4. The number of aromatic nitrogens is 4. The number of nitrogens with zero attached hydrogens (tertiary/aromatic N) is 8. The molecule has 8 heterocycles. The van der Waals surface area contributed by atoms with Crippen molar-refractivity contribution in [3.05, 3.63) is 400 Å². The molecule has 0 saturated carbocycles. The van der Waals surface area contributed by atoms with Gasteiger partial charge in [-0.05, 0) is 144 Å². The predicted molar refractivity (Wildman–Crippen MR) is 522 cm³/mol. The second kappa shape index (κ2) is 41.5. The predicted octanol–water partition coefficient (Wildman–Crippen LogP) is 20.7. The molecule has 137 heavy (non-hydrogen) atoms. The van der Waals surface area contributed by atoms with Crippen molar-refractivity contribution in [3.8, 4) is 0 Å². The lowest BCUT2D eigenvalue weighted by Gasteiger charge is -2.26. The molecule has 4 aliphatic heterocycles. The summed E-state index contributed by atoms with van der Waals surface area (Å²) in [4.78, 5) is 163. The van der Waals surface area contributed by atoms with E-state index >= 15 is 0 Å². The number of aliphatic hydroxyl groups is 4. The van der Waals surface area contributed by atoms with Gasteiger partial charge >= 0.3 is 41.5 Å². The molecule has 4 aliphatic rings. The highest BCUT2D eigenvalue weighted by molar-refractivity contribution is 6.54. The highest BCUT2D eigenvalue weighted by Crippen LogP contribution is 2.48. The first kappa shape index (κ1) is 98.3. The molecule has 27 heteroatoms. The molecule has 5 N–H and O–H groups in total. The van der Waals surface area contributed by atoms with Crippen LogP contribution < -0.4 is 19.6 Å². The Morgan fingerprint density at radius 2 is 0.526 bits per heavy atom. The third-order valence-corrected chi connectivity index (χ3v) is 24.2. The zero-order chi connectivity index (χ0) is 99.0. The highest BCUT2D eigenvalue weighted by atomic mass is 35.5. The number of pyridine rings is 4. The number of carboxylic acids is 1. The van der Waals surface area contributed by atoms with E-state index < -0.39 is 88.8 Å². The number of rotatable bonds is 18. The molecular weight excluding hydrogens is 1760 g/mol. The van der Waals surface area contributed by atoms with E-state index in [4.69, 9.17) is 21.1 Å². The lowest BCUT2D eigenvalue weighted by molar-refractivity contribution is -0.132. The Hall–Kier alpha value is -16.2. The summed E-state index contributed by atoms with van der Waals surface area (Å²) in [6, 6.07) is 67.0. The van der Waals surface area contributed by atoms with Gasteiger partial charge in [0.05, 0.1) is 82.4 Å². The first-order valence-corrected chi connectivity index (χ1v) is 44.4. The van der Waals surface area contributed by atoms with Crippen LogP contribution in [0.3, 0.4) is 0 Å². The minimum absolute atomic E-state index is 0.0185. The van der Waals surface area contributed by atoms with Crippen molar-refractivity contribution in [2.24, 2.45) is 0 Å². The quantitative estimate of drug-likeness (QED) is 0.0230. The maximum Gasteiger partial charge on any atom is 0.339 e. The third kappa shape index (κ3) is 20.9. The number of ketones is 4. The zero-order valence-electron chi connectivity index (χ0n) is 77.9. The molecule has 4 fully saturated rings. The van der Waals surface area contributed by atoms with Crippen molar-refractivity contribution in [2.45, 2.75) is 137 Å². The maximum absolute atomic E-state index is 13.3. The molecule has 4 saturated heterocycles. The monoisotopic (exact) mass is 1860 g/mol. The van der Waals surface area contributed by atoms with E-state index in [1.807, 2.05) is 173 Å². The SMILES string of the molecule is COC(=O)c1ccc(N2C(=O)C(=O)C(=C(O)c3ccc(C)cc3)C2c2ccc(C(C)(C)C)cc2)nc1.COC(=O)c1ccc(N2C(=O)C(=O)C(=C(O)c3ccc(C)cc3)C2c2ccc(C(C)C)cc2)nc1.Cc1ccc(C(O)=C2C(=O)C(=O)N(c3ccc(C(=O)O)cn3)C2c2ccc(C(C)C)cc2)cc1.Cc1ccc(C(O)=C2C(=O)C(=O)N(c3ccc(Cl)cn3)C2c2ccc(C(C)C)cc2)cc1. The van der Waals surface area contributed by atoms with Crippen LogP contribution in [0.5, 0.6) is 0 Å². The van der Waals surface area contributed by atoms with Gasteiger partial charge in [0.2, 0.25) is 0 Å².